The first-order chi connectivity index (χ1) is 14.7. The van der Waals surface area contributed by atoms with E-state index >= 15 is 0 Å². The molecule has 0 N–H and O–H groups in total. The summed E-state index contributed by atoms with van der Waals surface area (Å²) in [6.45, 7) is 1.60. The Morgan fingerprint density at radius 3 is 2.67 bits per heavy atom. The first-order valence-corrected chi connectivity index (χ1v) is 11.4. The van der Waals surface area contributed by atoms with E-state index in [1.165, 1.54) is 18.2 Å². The number of hydrogen-bond donors (Lipinski definition) is 0. The van der Waals surface area contributed by atoms with E-state index in [4.69, 9.17) is 11.6 Å². The van der Waals surface area contributed by atoms with E-state index in [2.05, 4.69) is 24.7 Å². The Morgan fingerprint density at radius 1 is 1.13 bits per heavy atom. The summed E-state index contributed by atoms with van der Waals surface area (Å²) in [4.78, 5) is 23.3. The minimum absolute atomic E-state index is 0.000612. The number of aromatic nitrogens is 5. The Balaban J connectivity index is 1.40. The first kappa shape index (κ1) is 19.5. The second-order valence-electron chi connectivity index (χ2n) is 7.61. The molecule has 1 saturated heterocycles. The summed E-state index contributed by atoms with van der Waals surface area (Å²) in [6, 6.07) is 5.98. The number of hydrogen-bond acceptors (Lipinski definition) is 6. The van der Waals surface area contributed by atoms with Crippen LogP contribution in [0.3, 0.4) is 0 Å². The predicted molar refractivity (Wildman–Crippen MR) is 115 cm³/mol. The number of carbonyl (C=O) groups excluding carboxylic acids is 1. The first-order valence-electron chi connectivity index (χ1n) is 10.2. The van der Waals surface area contributed by atoms with Gasteiger partial charge in [-0.05, 0) is 62.1 Å². The van der Waals surface area contributed by atoms with Gasteiger partial charge in [0.05, 0.1) is 10.6 Å². The number of halogens is 1. The molecule has 0 aromatic carbocycles. The molecule has 30 heavy (non-hydrogen) atoms. The lowest BCUT2D eigenvalue weighted by molar-refractivity contribution is 0.0724. The molecule has 1 saturated carbocycles. The highest BCUT2D eigenvalue weighted by Gasteiger charge is 2.31. The van der Waals surface area contributed by atoms with Crippen LogP contribution in [0.4, 0.5) is 0 Å². The van der Waals surface area contributed by atoms with Crippen LogP contribution in [-0.2, 0) is 0 Å². The Morgan fingerprint density at radius 2 is 1.97 bits per heavy atom. The van der Waals surface area contributed by atoms with Gasteiger partial charge in [0.25, 0.3) is 5.91 Å². The minimum atomic E-state index is 0.000612. The molecule has 2 fully saturated rings. The predicted octanol–water partition coefficient (Wildman–Crippen LogP) is 4.50. The molecule has 154 valence electrons. The lowest BCUT2D eigenvalue weighted by atomic mass is 10.1. The highest BCUT2D eigenvalue weighted by atomic mass is 35.5. The van der Waals surface area contributed by atoms with E-state index in [-0.39, 0.29) is 5.91 Å². The maximum Gasteiger partial charge on any atom is 0.255 e. The highest BCUT2D eigenvalue weighted by molar-refractivity contribution is 7.99. The topological polar surface area (TPSA) is 76.8 Å². The van der Waals surface area contributed by atoms with Crippen LogP contribution < -0.4 is 0 Å². The number of likely N-dealkylation sites (tertiary alicyclic amines) is 1. The molecular formula is C21H21ClN6OS. The van der Waals surface area contributed by atoms with Crippen LogP contribution in [0, 0.1) is 0 Å². The fraction of sp³-hybridized carbons (Fsp3) is 0.381. The van der Waals surface area contributed by atoms with E-state index in [1.807, 2.05) is 17.0 Å². The summed E-state index contributed by atoms with van der Waals surface area (Å²) >= 11 is 7.89. The molecule has 0 spiro atoms. The monoisotopic (exact) mass is 440 g/mol. The molecule has 1 amide bonds. The Bertz CT molecular complexity index is 1060. The van der Waals surface area contributed by atoms with Crippen molar-refractivity contribution in [3.05, 3.63) is 47.4 Å². The average molecular weight is 441 g/mol. The third-order valence-corrected chi connectivity index (χ3v) is 6.76. The van der Waals surface area contributed by atoms with Gasteiger partial charge >= 0.3 is 0 Å². The zero-order chi connectivity index (χ0) is 20.5. The van der Waals surface area contributed by atoms with Crippen LogP contribution >= 0.6 is 23.4 Å². The lowest BCUT2D eigenvalue weighted by Crippen LogP contribution is -2.35. The molecule has 1 aliphatic heterocycles. The fourth-order valence-corrected chi connectivity index (χ4v) is 4.82. The number of nitrogens with zero attached hydrogens (tertiary/aromatic N) is 6. The summed E-state index contributed by atoms with van der Waals surface area (Å²) in [5.74, 6) is 0.807. The summed E-state index contributed by atoms with van der Waals surface area (Å²) < 4.78 is 2.15. The van der Waals surface area contributed by atoms with Crippen molar-refractivity contribution in [3.63, 3.8) is 0 Å². The van der Waals surface area contributed by atoms with Crippen LogP contribution in [0.1, 0.15) is 48.5 Å². The third kappa shape index (κ3) is 3.94. The van der Waals surface area contributed by atoms with Crippen molar-refractivity contribution in [2.75, 3.05) is 13.1 Å². The fourth-order valence-electron chi connectivity index (χ4n) is 3.68. The number of amides is 1. The van der Waals surface area contributed by atoms with Crippen LogP contribution in [-0.4, -0.2) is 48.6 Å². The van der Waals surface area contributed by atoms with Gasteiger partial charge in [-0.25, -0.2) is 4.98 Å². The highest BCUT2D eigenvalue weighted by Crippen LogP contribution is 2.42. The molecule has 0 unspecified atom stereocenters. The number of piperidine rings is 1. The largest absolute Gasteiger partial charge is 0.339 e. The molecule has 0 radical (unpaired) electrons. The molecule has 5 rings (SSSR count). The van der Waals surface area contributed by atoms with Gasteiger partial charge in [-0.2, -0.15) is 0 Å². The van der Waals surface area contributed by atoms with Crippen molar-refractivity contribution in [1.82, 2.24) is 29.6 Å². The Kier molecular flexibility index (Phi) is 5.43. The summed E-state index contributed by atoms with van der Waals surface area (Å²) in [6.07, 6.45) is 10.6. The van der Waals surface area contributed by atoms with Gasteiger partial charge in [-0.1, -0.05) is 11.6 Å². The van der Waals surface area contributed by atoms with Gasteiger partial charge in [-0.15, -0.1) is 10.2 Å². The summed E-state index contributed by atoms with van der Waals surface area (Å²) in [5, 5.41) is 10.6. The van der Waals surface area contributed by atoms with Crippen molar-refractivity contribution in [3.8, 4) is 11.4 Å². The van der Waals surface area contributed by atoms with E-state index in [0.717, 1.165) is 55.3 Å². The van der Waals surface area contributed by atoms with Crippen molar-refractivity contribution in [1.29, 1.82) is 0 Å². The number of carbonyl (C=O) groups is 1. The summed E-state index contributed by atoms with van der Waals surface area (Å²) in [5.41, 5.74) is 1.47. The van der Waals surface area contributed by atoms with Crippen molar-refractivity contribution >= 4 is 29.3 Å². The lowest BCUT2D eigenvalue weighted by Gasteiger charge is -2.26. The van der Waals surface area contributed by atoms with Crippen LogP contribution in [0.2, 0.25) is 5.02 Å². The summed E-state index contributed by atoms with van der Waals surface area (Å²) in [7, 11) is 0. The smallest absolute Gasteiger partial charge is 0.255 e. The molecule has 3 aromatic rings. The van der Waals surface area contributed by atoms with E-state index in [9.17, 15) is 4.79 Å². The minimum Gasteiger partial charge on any atom is -0.339 e. The van der Waals surface area contributed by atoms with Crippen LogP contribution in [0.15, 0.2) is 47.0 Å². The third-order valence-electron chi connectivity index (χ3n) is 5.38. The van der Waals surface area contributed by atoms with Gasteiger partial charge in [0.15, 0.2) is 11.0 Å². The Hall–Kier alpha value is -2.45. The molecule has 2 aliphatic rings. The molecular weight excluding hydrogens is 420 g/mol. The van der Waals surface area contributed by atoms with Gasteiger partial charge in [0, 0.05) is 43.3 Å². The molecule has 1 aliphatic carbocycles. The second kappa shape index (κ2) is 8.35. The van der Waals surface area contributed by atoms with Gasteiger partial charge in [0.2, 0.25) is 0 Å². The number of rotatable bonds is 5. The van der Waals surface area contributed by atoms with Gasteiger partial charge in [0.1, 0.15) is 5.03 Å². The molecule has 0 bridgehead atoms. The molecule has 4 heterocycles. The quantitative estimate of drug-likeness (QED) is 0.581. The van der Waals surface area contributed by atoms with E-state index in [0.29, 0.717) is 21.7 Å². The SMILES string of the molecule is O=C(c1cnc(Sc2nnc(-c3cccnc3)n2C2CC2)c(Cl)c1)N1CCCCC1. The zero-order valence-corrected chi connectivity index (χ0v) is 17.9. The van der Waals surface area contributed by atoms with Gasteiger partial charge in [-0.3, -0.25) is 14.3 Å². The van der Waals surface area contributed by atoms with Crippen LogP contribution in [0.25, 0.3) is 11.4 Å². The number of pyridine rings is 2. The molecule has 7 nitrogen and oxygen atoms in total. The van der Waals surface area contributed by atoms with Crippen LogP contribution in [0.5, 0.6) is 0 Å². The average Bonchev–Trinajstić information content (AvgIpc) is 3.55. The van der Waals surface area contributed by atoms with Gasteiger partial charge < -0.3 is 4.90 Å². The Labute approximate surface area is 183 Å². The maximum absolute atomic E-state index is 12.7. The van der Waals surface area contributed by atoms with Crippen molar-refractivity contribution < 1.29 is 4.79 Å². The normalized spacial score (nSPS) is 16.6. The van der Waals surface area contributed by atoms with E-state index in [1.54, 1.807) is 24.7 Å². The molecule has 3 aromatic heterocycles. The standard InChI is InChI=1S/C21H21ClN6OS/c22-17-11-15(20(29)27-9-2-1-3-10-27)13-24-19(17)30-21-26-25-18(28(21)16-6-7-16)14-5-4-8-23-12-14/h4-5,8,11-13,16H,1-3,6-7,9-10H2. The van der Waals surface area contributed by atoms with Crippen molar-refractivity contribution in [2.45, 2.75) is 48.3 Å². The maximum atomic E-state index is 12.7. The molecule has 0 atom stereocenters. The van der Waals surface area contributed by atoms with E-state index < -0.39 is 0 Å². The van der Waals surface area contributed by atoms with Crippen molar-refractivity contribution in [2.24, 2.45) is 0 Å². The zero-order valence-electron chi connectivity index (χ0n) is 16.4. The molecule has 9 heteroatoms. The second-order valence-corrected chi connectivity index (χ2v) is 8.98.